The van der Waals surface area contributed by atoms with E-state index in [1.807, 2.05) is 0 Å². The minimum atomic E-state index is -4.88. The summed E-state index contributed by atoms with van der Waals surface area (Å²) in [7, 11) is 0. The zero-order valence-corrected chi connectivity index (χ0v) is 14.4. The van der Waals surface area contributed by atoms with Crippen molar-refractivity contribution >= 4 is 23.2 Å². The third kappa shape index (κ3) is 4.67. The number of amides is 1. The summed E-state index contributed by atoms with van der Waals surface area (Å²) < 4.78 is 62.3. The molecule has 0 saturated carbocycles. The Kier molecular flexibility index (Phi) is 5.52. The molecular formula is C17H13ClF4N2O3. The number of pyridine rings is 1. The van der Waals surface area contributed by atoms with Crippen molar-refractivity contribution in [2.24, 2.45) is 0 Å². The van der Waals surface area contributed by atoms with E-state index in [9.17, 15) is 22.4 Å². The average molecular weight is 405 g/mol. The van der Waals surface area contributed by atoms with Crippen molar-refractivity contribution in [1.29, 1.82) is 0 Å². The number of benzene rings is 1. The minimum Gasteiger partial charge on any atom is -0.471 e. The Bertz CT molecular complexity index is 855. The zero-order chi connectivity index (χ0) is 19.6. The predicted octanol–water partition coefficient (Wildman–Crippen LogP) is 4.31. The molecule has 27 heavy (non-hydrogen) atoms. The molecule has 1 amide bonds. The fourth-order valence-electron chi connectivity index (χ4n) is 2.42. The van der Waals surface area contributed by atoms with Crippen molar-refractivity contribution in [1.82, 2.24) is 4.98 Å². The summed E-state index contributed by atoms with van der Waals surface area (Å²) in [6.45, 7) is 0.979. The third-order valence-corrected chi connectivity index (χ3v) is 4.04. The number of aromatic nitrogens is 1. The maximum atomic E-state index is 13.3. The molecule has 1 fully saturated rings. The van der Waals surface area contributed by atoms with Crippen LogP contribution < -0.4 is 10.1 Å². The second kappa shape index (κ2) is 7.69. The second-order valence-corrected chi connectivity index (χ2v) is 6.17. The summed E-state index contributed by atoms with van der Waals surface area (Å²) in [6, 6.07) is 3.45. The van der Waals surface area contributed by atoms with Crippen molar-refractivity contribution in [3.63, 3.8) is 0 Å². The molecule has 10 heteroatoms. The summed E-state index contributed by atoms with van der Waals surface area (Å²) in [6.07, 6.45) is -3.19. The van der Waals surface area contributed by atoms with Crippen LogP contribution in [0.5, 0.6) is 5.88 Å². The second-order valence-electron chi connectivity index (χ2n) is 5.76. The monoisotopic (exact) mass is 404 g/mol. The minimum absolute atomic E-state index is 0.00732. The van der Waals surface area contributed by atoms with Gasteiger partial charge in [0.05, 0.1) is 24.3 Å². The normalized spacial score (nSPS) is 17.0. The van der Waals surface area contributed by atoms with Crippen LogP contribution in [-0.2, 0) is 10.9 Å². The van der Waals surface area contributed by atoms with Gasteiger partial charge in [-0.1, -0.05) is 11.6 Å². The van der Waals surface area contributed by atoms with E-state index in [0.29, 0.717) is 31.8 Å². The summed E-state index contributed by atoms with van der Waals surface area (Å²) in [5.74, 6) is -2.05. The van der Waals surface area contributed by atoms with Crippen LogP contribution in [0.1, 0.15) is 22.3 Å². The zero-order valence-electron chi connectivity index (χ0n) is 13.6. The standard InChI is InChI=1S/C17H13ClF4N2O3/c18-13-5-9(7-23-16(13)27-11-3-4-26-8-11)15(25)24-10-1-2-14(19)12(6-10)17(20,21)22/h1-2,5-7,11H,3-4,8H2,(H,24,25). The van der Waals surface area contributed by atoms with Crippen LogP contribution in [-0.4, -0.2) is 30.2 Å². The molecular weight excluding hydrogens is 392 g/mol. The average Bonchev–Trinajstić information content (AvgIpc) is 3.10. The number of nitrogens with zero attached hydrogens (tertiary/aromatic N) is 1. The molecule has 1 atom stereocenters. The lowest BCUT2D eigenvalue weighted by Crippen LogP contribution is -2.18. The number of nitrogens with one attached hydrogen (secondary N) is 1. The number of rotatable bonds is 4. The predicted molar refractivity (Wildman–Crippen MR) is 88.5 cm³/mol. The molecule has 144 valence electrons. The molecule has 0 spiro atoms. The third-order valence-electron chi connectivity index (χ3n) is 3.77. The molecule has 2 heterocycles. The van der Waals surface area contributed by atoms with Gasteiger partial charge in [0.2, 0.25) is 5.88 Å². The number of carbonyl (C=O) groups is 1. The summed E-state index contributed by atoms with van der Waals surface area (Å²) >= 11 is 6.05. The lowest BCUT2D eigenvalue weighted by atomic mass is 10.1. The van der Waals surface area contributed by atoms with Gasteiger partial charge in [-0.3, -0.25) is 4.79 Å². The molecule has 1 aromatic carbocycles. The number of anilines is 1. The van der Waals surface area contributed by atoms with Gasteiger partial charge in [0.25, 0.3) is 5.91 Å². The summed E-state index contributed by atoms with van der Waals surface area (Å²) in [5, 5.41) is 2.33. The van der Waals surface area contributed by atoms with E-state index >= 15 is 0 Å². The number of alkyl halides is 3. The maximum Gasteiger partial charge on any atom is 0.419 e. The Morgan fingerprint density at radius 2 is 2.11 bits per heavy atom. The van der Waals surface area contributed by atoms with E-state index in [2.05, 4.69) is 10.3 Å². The van der Waals surface area contributed by atoms with E-state index in [1.165, 1.54) is 12.3 Å². The highest BCUT2D eigenvalue weighted by molar-refractivity contribution is 6.32. The highest BCUT2D eigenvalue weighted by atomic mass is 35.5. The number of ether oxygens (including phenoxy) is 2. The van der Waals surface area contributed by atoms with E-state index < -0.39 is 23.5 Å². The van der Waals surface area contributed by atoms with Crippen LogP contribution in [0, 0.1) is 5.82 Å². The Hall–Kier alpha value is -2.39. The van der Waals surface area contributed by atoms with Crippen molar-refractivity contribution in [2.75, 3.05) is 18.5 Å². The maximum absolute atomic E-state index is 13.3. The molecule has 3 rings (SSSR count). The molecule has 1 aliphatic heterocycles. The van der Waals surface area contributed by atoms with Gasteiger partial charge in [-0.05, 0) is 24.3 Å². The highest BCUT2D eigenvalue weighted by Crippen LogP contribution is 2.33. The van der Waals surface area contributed by atoms with Gasteiger partial charge >= 0.3 is 6.18 Å². The number of halogens is 5. The largest absolute Gasteiger partial charge is 0.471 e. The Balaban J connectivity index is 1.73. The molecule has 1 unspecified atom stereocenters. The fraction of sp³-hybridized carbons (Fsp3) is 0.294. The summed E-state index contributed by atoms with van der Waals surface area (Å²) in [5.41, 5.74) is -1.68. The lowest BCUT2D eigenvalue weighted by Gasteiger charge is -2.13. The Morgan fingerprint density at radius 3 is 2.74 bits per heavy atom. The van der Waals surface area contributed by atoms with Crippen LogP contribution in [0.4, 0.5) is 23.2 Å². The van der Waals surface area contributed by atoms with Gasteiger partial charge in [-0.15, -0.1) is 0 Å². The first-order valence-corrected chi connectivity index (χ1v) is 8.20. The van der Waals surface area contributed by atoms with E-state index in [1.54, 1.807) is 0 Å². The van der Waals surface area contributed by atoms with Crippen LogP contribution in [0.25, 0.3) is 0 Å². The van der Waals surface area contributed by atoms with E-state index in [0.717, 1.165) is 6.07 Å². The molecule has 0 radical (unpaired) electrons. The fourth-order valence-corrected chi connectivity index (χ4v) is 2.63. The first kappa shape index (κ1) is 19.4. The van der Waals surface area contributed by atoms with Crippen LogP contribution in [0.3, 0.4) is 0 Å². The first-order chi connectivity index (χ1) is 12.7. The molecule has 1 aromatic heterocycles. The Labute approximate surface area is 156 Å². The molecule has 1 saturated heterocycles. The molecule has 0 aliphatic carbocycles. The van der Waals surface area contributed by atoms with Crippen molar-refractivity contribution in [3.8, 4) is 5.88 Å². The summed E-state index contributed by atoms with van der Waals surface area (Å²) in [4.78, 5) is 16.2. The van der Waals surface area contributed by atoms with Crippen LogP contribution >= 0.6 is 11.6 Å². The number of carbonyl (C=O) groups excluding carboxylic acids is 1. The number of hydrogen-bond acceptors (Lipinski definition) is 4. The van der Waals surface area contributed by atoms with Crippen molar-refractivity contribution in [3.05, 3.63) is 52.4 Å². The van der Waals surface area contributed by atoms with Gasteiger partial charge < -0.3 is 14.8 Å². The van der Waals surface area contributed by atoms with Gasteiger partial charge in [0.15, 0.2) is 0 Å². The first-order valence-electron chi connectivity index (χ1n) is 7.82. The highest BCUT2D eigenvalue weighted by Gasteiger charge is 2.34. The molecule has 1 aliphatic rings. The Morgan fingerprint density at radius 1 is 1.33 bits per heavy atom. The van der Waals surface area contributed by atoms with Crippen LogP contribution in [0.2, 0.25) is 5.02 Å². The van der Waals surface area contributed by atoms with Gasteiger partial charge in [0, 0.05) is 18.3 Å². The van der Waals surface area contributed by atoms with E-state index in [-0.39, 0.29) is 28.3 Å². The topological polar surface area (TPSA) is 60.5 Å². The quantitative estimate of drug-likeness (QED) is 0.771. The SMILES string of the molecule is O=C(Nc1ccc(F)c(C(F)(F)F)c1)c1cnc(OC2CCOC2)c(Cl)c1. The smallest absolute Gasteiger partial charge is 0.419 e. The molecule has 0 bridgehead atoms. The van der Waals surface area contributed by atoms with Crippen LogP contribution in [0.15, 0.2) is 30.5 Å². The molecule has 5 nitrogen and oxygen atoms in total. The van der Waals surface area contributed by atoms with Gasteiger partial charge in [0.1, 0.15) is 16.9 Å². The molecule has 2 aromatic rings. The van der Waals surface area contributed by atoms with Crippen molar-refractivity contribution < 1.29 is 31.8 Å². The van der Waals surface area contributed by atoms with Gasteiger partial charge in [-0.25, -0.2) is 9.37 Å². The number of hydrogen-bond donors (Lipinski definition) is 1. The van der Waals surface area contributed by atoms with Gasteiger partial charge in [-0.2, -0.15) is 13.2 Å². The molecule has 1 N–H and O–H groups in total. The lowest BCUT2D eigenvalue weighted by molar-refractivity contribution is -0.139. The van der Waals surface area contributed by atoms with Crippen molar-refractivity contribution in [2.45, 2.75) is 18.7 Å². The van der Waals surface area contributed by atoms with E-state index in [4.69, 9.17) is 21.1 Å².